The van der Waals surface area contributed by atoms with Gasteiger partial charge in [0.1, 0.15) is 11.8 Å². The predicted molar refractivity (Wildman–Crippen MR) is 73.0 cm³/mol. The molecule has 0 saturated carbocycles. The van der Waals surface area contributed by atoms with E-state index in [2.05, 4.69) is 11.4 Å². The van der Waals surface area contributed by atoms with Gasteiger partial charge in [-0.1, -0.05) is 13.0 Å². The molecule has 0 aromatic heterocycles. The maximum absolute atomic E-state index is 11.2. The van der Waals surface area contributed by atoms with Crippen LogP contribution in [-0.2, 0) is 17.3 Å². The third kappa shape index (κ3) is 4.47. The Morgan fingerprint density at radius 1 is 1.50 bits per heavy atom. The second kappa shape index (κ2) is 7.85. The molecule has 0 aliphatic heterocycles. The number of benzene rings is 1. The van der Waals surface area contributed by atoms with Crippen molar-refractivity contribution < 1.29 is 8.95 Å². The van der Waals surface area contributed by atoms with Crippen molar-refractivity contribution in [3.05, 3.63) is 29.3 Å². The third-order valence-corrected chi connectivity index (χ3v) is 3.85. The Bertz CT molecular complexity index is 455. The molecule has 4 nitrogen and oxygen atoms in total. The van der Waals surface area contributed by atoms with Crippen molar-refractivity contribution in [2.24, 2.45) is 0 Å². The number of rotatable bonds is 7. The van der Waals surface area contributed by atoms with Crippen LogP contribution in [-0.4, -0.2) is 29.4 Å². The van der Waals surface area contributed by atoms with Crippen LogP contribution >= 0.6 is 0 Å². The Morgan fingerprint density at radius 3 is 2.89 bits per heavy atom. The Hall–Kier alpha value is -1.38. The number of nitrogens with one attached hydrogen (secondary N) is 1. The first-order valence-electron chi connectivity index (χ1n) is 5.84. The zero-order valence-electron chi connectivity index (χ0n) is 10.7. The summed E-state index contributed by atoms with van der Waals surface area (Å²) in [5, 5.41) is 12.2. The average molecular weight is 266 g/mol. The van der Waals surface area contributed by atoms with Crippen molar-refractivity contribution in [2.45, 2.75) is 13.5 Å². The van der Waals surface area contributed by atoms with Crippen molar-refractivity contribution in [2.75, 3.05) is 25.2 Å². The number of ether oxygens (including phenoxy) is 1. The van der Waals surface area contributed by atoms with Gasteiger partial charge in [0.05, 0.1) is 12.7 Å². The summed E-state index contributed by atoms with van der Waals surface area (Å²) in [4.78, 5) is 0. The van der Waals surface area contributed by atoms with Crippen LogP contribution in [0.2, 0.25) is 0 Å². The molecule has 1 aromatic rings. The van der Waals surface area contributed by atoms with E-state index in [0.29, 0.717) is 35.9 Å². The van der Waals surface area contributed by atoms with Crippen molar-refractivity contribution in [3.8, 4) is 11.8 Å². The van der Waals surface area contributed by atoms with E-state index in [9.17, 15) is 4.21 Å². The van der Waals surface area contributed by atoms with Crippen LogP contribution in [0.25, 0.3) is 0 Å². The highest BCUT2D eigenvalue weighted by atomic mass is 32.2. The highest BCUT2D eigenvalue weighted by Gasteiger charge is 2.03. The van der Waals surface area contributed by atoms with Gasteiger partial charge in [0.2, 0.25) is 0 Å². The number of nitrogens with zero attached hydrogens (tertiary/aromatic N) is 1. The molecule has 1 rings (SSSR count). The summed E-state index contributed by atoms with van der Waals surface area (Å²) in [5.41, 5.74) is 1.56. The molecule has 0 aliphatic rings. The van der Waals surface area contributed by atoms with Gasteiger partial charge in [-0.25, -0.2) is 0 Å². The molecule has 0 fully saturated rings. The summed E-state index contributed by atoms with van der Waals surface area (Å²) in [6, 6.07) is 7.62. The molecule has 0 amide bonds. The van der Waals surface area contributed by atoms with Gasteiger partial charge in [-0.15, -0.1) is 0 Å². The summed E-state index contributed by atoms with van der Waals surface area (Å²) in [6.07, 6.45) is 0. The van der Waals surface area contributed by atoms with Crippen LogP contribution in [0.5, 0.6) is 5.75 Å². The lowest BCUT2D eigenvalue weighted by Crippen LogP contribution is -2.20. The first-order chi connectivity index (χ1) is 8.71. The fraction of sp³-hybridized carbons (Fsp3) is 0.462. The molecule has 98 valence electrons. The van der Waals surface area contributed by atoms with Gasteiger partial charge in [0.15, 0.2) is 0 Å². The van der Waals surface area contributed by atoms with Crippen LogP contribution < -0.4 is 10.1 Å². The molecule has 0 aliphatic carbocycles. The number of nitriles is 1. The first-order valence-corrected chi connectivity index (χ1v) is 7.32. The molecule has 1 N–H and O–H groups in total. The maximum atomic E-state index is 11.2. The maximum Gasteiger partial charge on any atom is 0.136 e. The topological polar surface area (TPSA) is 62.1 Å². The fourth-order valence-corrected chi connectivity index (χ4v) is 2.18. The van der Waals surface area contributed by atoms with Crippen LogP contribution in [0.4, 0.5) is 0 Å². The molecule has 1 atom stereocenters. The lowest BCUT2D eigenvalue weighted by molar-refractivity contribution is 0.413. The second-order valence-corrected chi connectivity index (χ2v) is 5.62. The van der Waals surface area contributed by atoms with Gasteiger partial charge in [-0.05, 0) is 17.7 Å². The van der Waals surface area contributed by atoms with Crippen molar-refractivity contribution in [1.29, 1.82) is 5.26 Å². The third-order valence-electron chi connectivity index (χ3n) is 2.54. The smallest absolute Gasteiger partial charge is 0.136 e. The van der Waals surface area contributed by atoms with Gasteiger partial charge >= 0.3 is 0 Å². The van der Waals surface area contributed by atoms with Crippen molar-refractivity contribution in [1.82, 2.24) is 5.32 Å². The minimum atomic E-state index is -0.731. The van der Waals surface area contributed by atoms with E-state index in [4.69, 9.17) is 10.00 Å². The quantitative estimate of drug-likeness (QED) is 0.758. The zero-order valence-corrected chi connectivity index (χ0v) is 11.5. The van der Waals surface area contributed by atoms with Crippen LogP contribution in [0, 0.1) is 11.3 Å². The minimum absolute atomic E-state index is 0.536. The summed E-state index contributed by atoms with van der Waals surface area (Å²) >= 11 is 0. The van der Waals surface area contributed by atoms with Crippen LogP contribution in [0.15, 0.2) is 18.2 Å². The number of methoxy groups -OCH3 is 1. The summed E-state index contributed by atoms with van der Waals surface area (Å²) in [5.74, 6) is 1.95. The zero-order chi connectivity index (χ0) is 13.4. The Kier molecular flexibility index (Phi) is 6.40. The molecule has 18 heavy (non-hydrogen) atoms. The number of hydrogen-bond donors (Lipinski definition) is 1. The molecule has 0 spiro atoms. The molecule has 0 heterocycles. The summed E-state index contributed by atoms with van der Waals surface area (Å²) < 4.78 is 16.3. The summed E-state index contributed by atoms with van der Waals surface area (Å²) in [6.45, 7) is 3.30. The molecule has 0 bridgehead atoms. The largest absolute Gasteiger partial charge is 0.495 e. The molecule has 0 radical (unpaired) electrons. The molecular weight excluding hydrogens is 248 g/mol. The SMILES string of the molecule is CCS(=O)CCNCc1ccc(OC)c(C#N)c1. The molecule has 1 unspecified atom stereocenters. The first kappa shape index (κ1) is 14.7. The summed E-state index contributed by atoms with van der Waals surface area (Å²) in [7, 11) is 0.819. The fourth-order valence-electron chi connectivity index (χ4n) is 1.52. The Labute approximate surface area is 110 Å². The Morgan fingerprint density at radius 2 is 2.28 bits per heavy atom. The van der Waals surface area contributed by atoms with E-state index in [1.54, 1.807) is 13.2 Å². The predicted octanol–water partition coefficient (Wildman–Crippen LogP) is 1.43. The molecular formula is C13H18N2O2S. The second-order valence-electron chi connectivity index (χ2n) is 3.76. The number of hydrogen-bond acceptors (Lipinski definition) is 4. The van der Waals surface area contributed by atoms with Crippen molar-refractivity contribution in [3.63, 3.8) is 0 Å². The van der Waals surface area contributed by atoms with E-state index in [1.165, 1.54) is 0 Å². The van der Waals surface area contributed by atoms with E-state index in [0.717, 1.165) is 5.56 Å². The van der Waals surface area contributed by atoms with Crippen LogP contribution in [0.1, 0.15) is 18.1 Å². The van der Waals surface area contributed by atoms with E-state index < -0.39 is 10.8 Å². The molecule has 5 heteroatoms. The van der Waals surface area contributed by atoms with Crippen molar-refractivity contribution >= 4 is 10.8 Å². The lowest BCUT2D eigenvalue weighted by atomic mass is 10.1. The van der Waals surface area contributed by atoms with Gasteiger partial charge < -0.3 is 10.1 Å². The van der Waals surface area contributed by atoms with Crippen LogP contribution in [0.3, 0.4) is 0 Å². The van der Waals surface area contributed by atoms with Gasteiger partial charge in [-0.3, -0.25) is 4.21 Å². The van der Waals surface area contributed by atoms with E-state index >= 15 is 0 Å². The van der Waals surface area contributed by atoms with Gasteiger partial charge in [0, 0.05) is 35.4 Å². The lowest BCUT2D eigenvalue weighted by Gasteiger charge is -2.07. The average Bonchev–Trinajstić information content (AvgIpc) is 2.42. The van der Waals surface area contributed by atoms with Gasteiger partial charge in [-0.2, -0.15) is 5.26 Å². The van der Waals surface area contributed by atoms with E-state index in [1.807, 2.05) is 19.1 Å². The highest BCUT2D eigenvalue weighted by molar-refractivity contribution is 7.84. The Balaban J connectivity index is 2.48. The highest BCUT2D eigenvalue weighted by Crippen LogP contribution is 2.18. The van der Waals surface area contributed by atoms with E-state index in [-0.39, 0.29) is 0 Å². The normalized spacial score (nSPS) is 11.8. The molecule has 0 saturated heterocycles. The standard InChI is InChI=1S/C13H18N2O2S/c1-3-18(16)7-6-15-10-11-4-5-13(17-2)12(8-11)9-14/h4-5,8,15H,3,6-7,10H2,1-2H3. The monoisotopic (exact) mass is 266 g/mol. The minimum Gasteiger partial charge on any atom is -0.495 e. The van der Waals surface area contributed by atoms with Gasteiger partial charge in [0.25, 0.3) is 0 Å². The molecule has 1 aromatic carbocycles.